The van der Waals surface area contributed by atoms with E-state index in [4.69, 9.17) is 36.3 Å². The van der Waals surface area contributed by atoms with Crippen LogP contribution in [0.3, 0.4) is 0 Å². The molecule has 0 saturated carbocycles. The van der Waals surface area contributed by atoms with Gasteiger partial charge in [-0.1, -0.05) is 140 Å². The molecule has 1 fully saturated rings. The van der Waals surface area contributed by atoms with E-state index in [9.17, 15) is 0 Å². The Morgan fingerprint density at radius 1 is 0.580 bits per heavy atom. The molecule has 0 aliphatic carbocycles. The average molecular weight is 686 g/mol. The molecular formula is C43H43NO5S. The third-order valence-electron chi connectivity index (χ3n) is 9.18. The highest BCUT2D eigenvalue weighted by molar-refractivity contribution is 7.81. The van der Waals surface area contributed by atoms with E-state index >= 15 is 0 Å². The zero-order chi connectivity index (χ0) is 34.2. The molecule has 6 nitrogen and oxygen atoms in total. The number of fused-ring (bicyclic) bond motifs is 1. The first kappa shape index (κ1) is 34.2. The van der Waals surface area contributed by atoms with Crippen molar-refractivity contribution in [3.8, 4) is 0 Å². The van der Waals surface area contributed by atoms with Crippen LogP contribution in [0.2, 0.25) is 0 Å². The van der Waals surface area contributed by atoms with Crippen molar-refractivity contribution in [2.24, 2.45) is 0 Å². The van der Waals surface area contributed by atoms with Crippen molar-refractivity contribution in [3.63, 3.8) is 0 Å². The predicted octanol–water partition coefficient (Wildman–Crippen LogP) is 8.86. The van der Waals surface area contributed by atoms with Gasteiger partial charge in [0.15, 0.2) is 0 Å². The first-order valence-corrected chi connectivity index (χ1v) is 17.6. The minimum atomic E-state index is -1.29. The standard InChI is InChI=1S/C43H43NO5S/c1-32-26-44(38-25-15-14-24-37(32)38)43(50)42(48-30-36-22-12-5-13-23-36)41(47-29-35-20-10-4-11-21-35)40(46-28-34-18-8-3-9-19-34)39(49-43)31-45-27-33-16-6-2-7-17-33/h2-26,39-42,50H,27-31H2,1H3/t39-,40-,41+,42-,43+/m1/s1. The number of benzene rings is 5. The lowest BCUT2D eigenvalue weighted by atomic mass is 9.96. The Morgan fingerprint density at radius 2 is 1.04 bits per heavy atom. The van der Waals surface area contributed by atoms with E-state index in [-0.39, 0.29) is 6.61 Å². The Hall–Kier alpha value is -4.21. The Bertz CT molecular complexity index is 1920. The molecule has 1 aliphatic rings. The number of aryl methyl sites for hydroxylation is 1. The zero-order valence-electron chi connectivity index (χ0n) is 28.2. The summed E-state index contributed by atoms with van der Waals surface area (Å²) in [5.41, 5.74) is 6.31. The first-order valence-electron chi connectivity index (χ1n) is 17.1. The van der Waals surface area contributed by atoms with Gasteiger partial charge in [0.1, 0.15) is 24.4 Å². The van der Waals surface area contributed by atoms with Crippen molar-refractivity contribution >= 4 is 23.5 Å². The van der Waals surface area contributed by atoms with Crippen LogP contribution < -0.4 is 0 Å². The summed E-state index contributed by atoms with van der Waals surface area (Å²) in [5.74, 6) is 0. The smallest absolute Gasteiger partial charge is 0.220 e. The molecule has 50 heavy (non-hydrogen) atoms. The number of nitrogens with zero attached hydrogens (tertiary/aromatic N) is 1. The average Bonchev–Trinajstić information content (AvgIpc) is 3.51. The molecule has 0 N–H and O–H groups in total. The monoisotopic (exact) mass is 685 g/mol. The highest BCUT2D eigenvalue weighted by Gasteiger charge is 2.57. The molecule has 256 valence electrons. The molecule has 2 heterocycles. The van der Waals surface area contributed by atoms with Gasteiger partial charge in [-0.3, -0.25) is 0 Å². The molecule has 0 unspecified atom stereocenters. The Morgan fingerprint density at radius 3 is 1.60 bits per heavy atom. The number of thiol groups is 1. The van der Waals surface area contributed by atoms with Gasteiger partial charge in [-0.2, -0.15) is 0 Å². The normalized spacial score (nSPS) is 22.1. The van der Waals surface area contributed by atoms with E-state index in [1.165, 1.54) is 0 Å². The van der Waals surface area contributed by atoms with Crippen molar-refractivity contribution < 1.29 is 23.7 Å². The van der Waals surface area contributed by atoms with E-state index in [2.05, 4.69) is 84.4 Å². The third kappa shape index (κ3) is 7.89. The summed E-state index contributed by atoms with van der Waals surface area (Å²) < 4.78 is 36.4. The largest absolute Gasteiger partial charge is 0.374 e. The van der Waals surface area contributed by atoms with E-state index < -0.39 is 29.5 Å². The van der Waals surface area contributed by atoms with Crippen LogP contribution in [0.4, 0.5) is 0 Å². The lowest BCUT2D eigenvalue weighted by molar-refractivity contribution is -0.302. The number of rotatable bonds is 14. The minimum absolute atomic E-state index is 0.255. The van der Waals surface area contributed by atoms with Crippen LogP contribution >= 0.6 is 12.6 Å². The van der Waals surface area contributed by atoms with Crippen LogP contribution in [0, 0.1) is 6.92 Å². The van der Waals surface area contributed by atoms with Crippen molar-refractivity contribution in [3.05, 3.63) is 180 Å². The predicted molar refractivity (Wildman–Crippen MR) is 200 cm³/mol. The zero-order valence-corrected chi connectivity index (χ0v) is 29.1. The van der Waals surface area contributed by atoms with E-state index in [0.717, 1.165) is 38.7 Å². The molecule has 1 aliphatic heterocycles. The van der Waals surface area contributed by atoms with Crippen molar-refractivity contribution in [2.45, 2.75) is 62.8 Å². The van der Waals surface area contributed by atoms with Crippen LogP contribution in [0.15, 0.2) is 152 Å². The number of aromatic nitrogens is 1. The summed E-state index contributed by atoms with van der Waals surface area (Å²) in [6.07, 6.45) is -0.313. The fourth-order valence-electron chi connectivity index (χ4n) is 6.64. The second kappa shape index (κ2) is 16.2. The second-order valence-electron chi connectivity index (χ2n) is 12.8. The molecule has 0 bridgehead atoms. The van der Waals surface area contributed by atoms with Gasteiger partial charge in [0.2, 0.25) is 5.06 Å². The maximum Gasteiger partial charge on any atom is 0.220 e. The molecule has 0 radical (unpaired) electrons. The fourth-order valence-corrected chi connectivity index (χ4v) is 7.16. The fraction of sp³-hybridized carbons (Fsp3) is 0.256. The SMILES string of the molecule is Cc1cn([C@]2(S)O[C@H](COCc3ccccc3)[C@@H](OCc3ccccc3)[C@H](OCc3ccccc3)[C@H]2OCc2ccccc2)c2ccccc12. The molecule has 1 aromatic heterocycles. The van der Waals surface area contributed by atoms with Crippen molar-refractivity contribution in [1.29, 1.82) is 0 Å². The Labute approximate surface area is 299 Å². The second-order valence-corrected chi connectivity index (χ2v) is 13.4. The number of ether oxygens (including phenoxy) is 5. The van der Waals surface area contributed by atoms with Crippen LogP contribution in [0.25, 0.3) is 10.9 Å². The molecule has 6 aromatic rings. The van der Waals surface area contributed by atoms with Crippen LogP contribution in [0.5, 0.6) is 0 Å². The summed E-state index contributed by atoms with van der Waals surface area (Å²) in [5, 5.41) is -0.176. The van der Waals surface area contributed by atoms with Gasteiger partial charge >= 0.3 is 0 Å². The van der Waals surface area contributed by atoms with Crippen LogP contribution in [0.1, 0.15) is 27.8 Å². The number of hydrogen-bond acceptors (Lipinski definition) is 6. The quantitative estimate of drug-likeness (QED) is 0.116. The topological polar surface area (TPSA) is 51.1 Å². The van der Waals surface area contributed by atoms with Gasteiger partial charge in [-0.15, -0.1) is 12.6 Å². The summed E-state index contributed by atoms with van der Waals surface area (Å²) in [4.78, 5) is 0. The molecule has 7 rings (SSSR count). The van der Waals surface area contributed by atoms with E-state index in [1.807, 2.05) is 78.9 Å². The van der Waals surface area contributed by atoms with Gasteiger partial charge in [-0.25, -0.2) is 0 Å². The lowest BCUT2D eigenvalue weighted by Gasteiger charge is -2.51. The maximum atomic E-state index is 7.18. The summed E-state index contributed by atoms with van der Waals surface area (Å²) in [6.45, 7) is 3.85. The Kier molecular flexibility index (Phi) is 11.1. The Balaban J connectivity index is 1.30. The first-order chi connectivity index (χ1) is 24.6. The van der Waals surface area contributed by atoms with E-state index in [0.29, 0.717) is 26.4 Å². The van der Waals surface area contributed by atoms with Crippen molar-refractivity contribution in [2.75, 3.05) is 6.61 Å². The number of hydrogen-bond donors (Lipinski definition) is 1. The van der Waals surface area contributed by atoms with Gasteiger partial charge < -0.3 is 28.3 Å². The van der Waals surface area contributed by atoms with Gasteiger partial charge in [0.05, 0.1) is 38.6 Å². The maximum absolute atomic E-state index is 7.18. The highest BCUT2D eigenvalue weighted by atomic mass is 32.1. The molecule has 0 spiro atoms. The molecule has 0 amide bonds. The molecular weight excluding hydrogens is 643 g/mol. The van der Waals surface area contributed by atoms with Crippen LogP contribution in [-0.2, 0) is 55.2 Å². The number of para-hydroxylation sites is 1. The summed E-state index contributed by atoms with van der Waals surface area (Å²) in [6, 6.07) is 48.9. The molecule has 7 heteroatoms. The minimum Gasteiger partial charge on any atom is -0.374 e. The van der Waals surface area contributed by atoms with Crippen molar-refractivity contribution in [1.82, 2.24) is 4.57 Å². The molecule has 1 saturated heterocycles. The van der Waals surface area contributed by atoms with Gasteiger partial charge in [0, 0.05) is 11.6 Å². The third-order valence-corrected chi connectivity index (χ3v) is 9.75. The van der Waals surface area contributed by atoms with Crippen LogP contribution in [-0.4, -0.2) is 35.6 Å². The summed E-state index contributed by atoms with van der Waals surface area (Å²) >= 11 is 5.46. The lowest BCUT2D eigenvalue weighted by Crippen LogP contribution is -2.65. The summed E-state index contributed by atoms with van der Waals surface area (Å²) in [7, 11) is 0. The van der Waals surface area contributed by atoms with Gasteiger partial charge in [-0.05, 0) is 40.8 Å². The highest BCUT2D eigenvalue weighted by Crippen LogP contribution is 2.45. The van der Waals surface area contributed by atoms with Gasteiger partial charge in [0.25, 0.3) is 0 Å². The molecule has 5 aromatic carbocycles. The molecule has 5 atom stereocenters. The van der Waals surface area contributed by atoms with E-state index in [1.54, 1.807) is 0 Å².